The highest BCUT2D eigenvalue weighted by Gasteiger charge is 2.42. The van der Waals surface area contributed by atoms with Gasteiger partial charge in [0, 0.05) is 28.4 Å². The van der Waals surface area contributed by atoms with Crippen molar-refractivity contribution < 1.29 is 14.7 Å². The van der Waals surface area contributed by atoms with Gasteiger partial charge in [-0.05, 0) is 53.8 Å². The van der Waals surface area contributed by atoms with Crippen molar-refractivity contribution in [3.8, 4) is 5.75 Å². The number of carbonyl (C=O) groups excluding carboxylic acids is 2. The van der Waals surface area contributed by atoms with Gasteiger partial charge in [-0.2, -0.15) is 5.10 Å². The number of nitrogens with one attached hydrogen (secondary N) is 2. The van der Waals surface area contributed by atoms with Crippen LogP contribution in [-0.2, 0) is 4.79 Å². The molecule has 0 saturated carbocycles. The van der Waals surface area contributed by atoms with Gasteiger partial charge in [0.1, 0.15) is 23.2 Å². The summed E-state index contributed by atoms with van der Waals surface area (Å²) < 4.78 is 1.68. The van der Waals surface area contributed by atoms with Gasteiger partial charge in [0.15, 0.2) is 5.78 Å². The van der Waals surface area contributed by atoms with Crippen molar-refractivity contribution in [1.29, 1.82) is 0 Å². The maximum atomic E-state index is 13.2. The number of fused-ring (bicyclic) bond motifs is 1. The standard InChI is InChI=1S/C25H23ClN4O3/c1-25(2)11-19-21(20(32)12-25)22(14-3-9-17(31)10-4-14)30-23(29-19)18(13-27-30)24(33)28-16-7-5-15(26)6-8-16/h3-10,13,22,29,31H,11-12H2,1-2H3,(H,28,33)/t22-/m1/s1. The Morgan fingerprint density at radius 1 is 1.15 bits per heavy atom. The zero-order chi connectivity index (χ0) is 23.3. The van der Waals surface area contributed by atoms with Crippen LogP contribution in [0.1, 0.15) is 48.7 Å². The summed E-state index contributed by atoms with van der Waals surface area (Å²) in [6.45, 7) is 4.12. The predicted molar refractivity (Wildman–Crippen MR) is 127 cm³/mol. The van der Waals surface area contributed by atoms with Crippen molar-refractivity contribution in [3.63, 3.8) is 0 Å². The first-order valence-electron chi connectivity index (χ1n) is 10.7. The van der Waals surface area contributed by atoms with Crippen LogP contribution in [-0.4, -0.2) is 26.6 Å². The van der Waals surface area contributed by atoms with Crippen LogP contribution in [0.4, 0.5) is 11.5 Å². The zero-order valence-electron chi connectivity index (χ0n) is 18.2. The minimum atomic E-state index is -0.488. The molecule has 2 heterocycles. The molecule has 3 aromatic rings. The molecule has 7 nitrogen and oxygen atoms in total. The van der Waals surface area contributed by atoms with Gasteiger partial charge in [0.05, 0.1) is 6.20 Å². The van der Waals surface area contributed by atoms with E-state index in [4.69, 9.17) is 11.6 Å². The molecule has 0 fully saturated rings. The molecule has 2 aromatic carbocycles. The number of nitrogens with zero attached hydrogens (tertiary/aromatic N) is 2. The number of hydrogen-bond acceptors (Lipinski definition) is 5. The lowest BCUT2D eigenvalue weighted by molar-refractivity contribution is -0.118. The molecular formula is C25H23ClN4O3. The number of rotatable bonds is 3. The number of ketones is 1. The number of allylic oxidation sites excluding steroid dienone is 2. The van der Waals surface area contributed by atoms with Gasteiger partial charge in [-0.3, -0.25) is 9.59 Å². The van der Waals surface area contributed by atoms with Crippen LogP contribution in [0.3, 0.4) is 0 Å². The maximum absolute atomic E-state index is 13.2. The topological polar surface area (TPSA) is 96.3 Å². The number of carbonyl (C=O) groups is 2. The summed E-state index contributed by atoms with van der Waals surface area (Å²) in [5.41, 5.74) is 3.06. The summed E-state index contributed by atoms with van der Waals surface area (Å²) in [6, 6.07) is 13.1. The number of anilines is 2. The molecular weight excluding hydrogens is 440 g/mol. The summed E-state index contributed by atoms with van der Waals surface area (Å²) in [6.07, 6.45) is 2.61. The molecule has 1 amide bonds. The Hall–Kier alpha value is -3.58. The van der Waals surface area contributed by atoms with Crippen LogP contribution in [0.5, 0.6) is 5.75 Å². The fourth-order valence-corrected chi connectivity index (χ4v) is 4.70. The third-order valence-corrected chi connectivity index (χ3v) is 6.31. The molecule has 1 aromatic heterocycles. The van der Waals surface area contributed by atoms with Gasteiger partial charge in [-0.1, -0.05) is 37.6 Å². The van der Waals surface area contributed by atoms with Crippen LogP contribution in [0.25, 0.3) is 0 Å². The molecule has 1 aliphatic heterocycles. The largest absolute Gasteiger partial charge is 0.508 e. The van der Waals surface area contributed by atoms with Crippen molar-refractivity contribution in [3.05, 3.63) is 82.1 Å². The van der Waals surface area contributed by atoms with Gasteiger partial charge in [0.25, 0.3) is 5.91 Å². The average molecular weight is 463 g/mol. The Balaban J connectivity index is 1.58. The van der Waals surface area contributed by atoms with Crippen molar-refractivity contribution in [2.75, 3.05) is 10.6 Å². The predicted octanol–water partition coefficient (Wildman–Crippen LogP) is 5.15. The minimum Gasteiger partial charge on any atom is -0.508 e. The second-order valence-electron chi connectivity index (χ2n) is 9.26. The first-order chi connectivity index (χ1) is 15.7. The number of aromatic hydroxyl groups is 1. The third-order valence-electron chi connectivity index (χ3n) is 6.06. The summed E-state index contributed by atoms with van der Waals surface area (Å²) in [5, 5.41) is 21.1. The molecule has 0 spiro atoms. The van der Waals surface area contributed by atoms with Gasteiger partial charge < -0.3 is 15.7 Å². The molecule has 168 valence electrons. The normalized spacial score (nSPS) is 18.9. The number of phenols is 1. The first kappa shape index (κ1) is 21.3. The molecule has 0 unspecified atom stereocenters. The van der Waals surface area contributed by atoms with E-state index in [2.05, 4.69) is 29.6 Å². The Kier molecular flexibility index (Phi) is 5.01. The van der Waals surface area contributed by atoms with Crippen molar-refractivity contribution in [2.24, 2.45) is 5.41 Å². The van der Waals surface area contributed by atoms with Gasteiger partial charge in [0.2, 0.25) is 0 Å². The molecule has 0 saturated heterocycles. The van der Waals surface area contributed by atoms with E-state index in [-0.39, 0.29) is 22.9 Å². The number of halogens is 1. The maximum Gasteiger partial charge on any atom is 0.261 e. The molecule has 5 rings (SSSR count). The molecule has 0 radical (unpaired) electrons. The van der Waals surface area contributed by atoms with Crippen molar-refractivity contribution in [1.82, 2.24) is 9.78 Å². The van der Waals surface area contributed by atoms with E-state index < -0.39 is 6.04 Å². The number of phenolic OH excluding ortho intramolecular Hbond substituents is 1. The van der Waals surface area contributed by atoms with Crippen LogP contribution < -0.4 is 10.6 Å². The highest BCUT2D eigenvalue weighted by Crippen LogP contribution is 2.46. The van der Waals surface area contributed by atoms with E-state index >= 15 is 0 Å². The number of amides is 1. The summed E-state index contributed by atoms with van der Waals surface area (Å²) >= 11 is 5.94. The SMILES string of the molecule is CC1(C)CC(=O)C2=C(C1)Nc1c(C(=O)Nc3ccc(Cl)cc3)cnn1[C@@H]2c1ccc(O)cc1. The van der Waals surface area contributed by atoms with Gasteiger partial charge in [-0.25, -0.2) is 4.68 Å². The fraction of sp³-hybridized carbons (Fsp3) is 0.240. The molecule has 3 N–H and O–H groups in total. The molecule has 0 bridgehead atoms. The van der Waals surface area contributed by atoms with Crippen molar-refractivity contribution in [2.45, 2.75) is 32.7 Å². The smallest absolute Gasteiger partial charge is 0.261 e. The van der Waals surface area contributed by atoms with Crippen LogP contribution in [0.15, 0.2) is 66.0 Å². The molecule has 2 aliphatic rings. The quantitative estimate of drug-likeness (QED) is 0.500. The Morgan fingerprint density at radius 3 is 2.55 bits per heavy atom. The van der Waals surface area contributed by atoms with Crippen molar-refractivity contribution >= 4 is 34.8 Å². The molecule has 8 heteroatoms. The Labute approximate surface area is 196 Å². The van der Waals surface area contributed by atoms with Crippen LogP contribution in [0.2, 0.25) is 5.02 Å². The van der Waals surface area contributed by atoms with Gasteiger partial charge in [-0.15, -0.1) is 0 Å². The van der Waals surface area contributed by atoms with E-state index in [0.717, 1.165) is 11.3 Å². The van der Waals surface area contributed by atoms with Gasteiger partial charge >= 0.3 is 0 Å². The lowest BCUT2D eigenvalue weighted by Crippen LogP contribution is -2.36. The third kappa shape index (κ3) is 3.89. The highest BCUT2D eigenvalue weighted by atomic mass is 35.5. The second kappa shape index (κ2) is 7.78. The Morgan fingerprint density at radius 2 is 1.85 bits per heavy atom. The van der Waals surface area contributed by atoms with E-state index in [1.807, 2.05) is 0 Å². The lowest BCUT2D eigenvalue weighted by atomic mass is 9.73. The van der Waals surface area contributed by atoms with E-state index in [1.165, 1.54) is 6.20 Å². The average Bonchev–Trinajstić information content (AvgIpc) is 3.17. The second-order valence-corrected chi connectivity index (χ2v) is 9.70. The molecule has 1 aliphatic carbocycles. The number of aromatic nitrogens is 2. The molecule has 33 heavy (non-hydrogen) atoms. The number of hydrogen-bond donors (Lipinski definition) is 3. The van der Waals surface area contributed by atoms with Crippen LogP contribution in [0, 0.1) is 5.41 Å². The minimum absolute atomic E-state index is 0.0557. The monoisotopic (exact) mass is 462 g/mol. The summed E-state index contributed by atoms with van der Waals surface area (Å²) in [4.78, 5) is 26.4. The summed E-state index contributed by atoms with van der Waals surface area (Å²) in [7, 11) is 0. The number of benzene rings is 2. The lowest BCUT2D eigenvalue weighted by Gasteiger charge is -2.39. The van der Waals surface area contributed by atoms with E-state index in [9.17, 15) is 14.7 Å². The first-order valence-corrected chi connectivity index (χ1v) is 11.1. The zero-order valence-corrected chi connectivity index (χ0v) is 19.0. The Bertz CT molecular complexity index is 1290. The highest BCUT2D eigenvalue weighted by molar-refractivity contribution is 6.30. The van der Waals surface area contributed by atoms with E-state index in [0.29, 0.717) is 40.5 Å². The number of Topliss-reactive ketones (excluding diaryl/α,β-unsaturated/α-hetero) is 1. The summed E-state index contributed by atoms with van der Waals surface area (Å²) in [5.74, 6) is 0.409. The fourth-order valence-electron chi connectivity index (χ4n) is 4.57. The van der Waals surface area contributed by atoms with E-state index in [1.54, 1.807) is 53.2 Å². The molecule has 1 atom stereocenters. The van der Waals surface area contributed by atoms with Crippen LogP contribution >= 0.6 is 11.6 Å².